The zero-order valence-electron chi connectivity index (χ0n) is 14.2. The highest BCUT2D eigenvalue weighted by atomic mass is 19.1. The van der Waals surface area contributed by atoms with Crippen LogP contribution in [-0.2, 0) is 9.53 Å². The third kappa shape index (κ3) is 4.70. The molecule has 1 saturated heterocycles. The van der Waals surface area contributed by atoms with E-state index >= 15 is 0 Å². The van der Waals surface area contributed by atoms with Gasteiger partial charge in [0.25, 0.3) is 0 Å². The van der Waals surface area contributed by atoms with Crippen LogP contribution in [0, 0.1) is 12.7 Å². The number of halogens is 1. The van der Waals surface area contributed by atoms with Gasteiger partial charge in [0.15, 0.2) is 0 Å². The van der Waals surface area contributed by atoms with Gasteiger partial charge >= 0.3 is 0 Å². The number of aryl methyl sites for hydroxylation is 1. The topological polar surface area (TPSA) is 53.6 Å². The summed E-state index contributed by atoms with van der Waals surface area (Å²) in [7, 11) is 0. The lowest BCUT2D eigenvalue weighted by atomic mass is 10.2. The van der Waals surface area contributed by atoms with Gasteiger partial charge in [0.1, 0.15) is 5.82 Å². The summed E-state index contributed by atoms with van der Waals surface area (Å²) in [5, 5.41) is 5.80. The van der Waals surface area contributed by atoms with Crippen molar-refractivity contribution in [2.24, 2.45) is 0 Å². The summed E-state index contributed by atoms with van der Waals surface area (Å²) in [6.07, 6.45) is 0. The van der Waals surface area contributed by atoms with Crippen LogP contribution < -0.4 is 15.5 Å². The quantitative estimate of drug-likeness (QED) is 0.876. The Morgan fingerprint density at radius 1 is 1.16 bits per heavy atom. The van der Waals surface area contributed by atoms with E-state index in [9.17, 15) is 9.18 Å². The summed E-state index contributed by atoms with van der Waals surface area (Å²) in [5.41, 5.74) is 3.37. The number of nitrogens with zero attached hydrogens (tertiary/aromatic N) is 1. The fourth-order valence-corrected chi connectivity index (χ4v) is 2.74. The van der Waals surface area contributed by atoms with E-state index in [1.165, 1.54) is 12.1 Å². The first-order valence-electron chi connectivity index (χ1n) is 8.34. The number of ether oxygens (including phenoxy) is 1. The molecule has 0 atom stereocenters. The Balaban J connectivity index is 1.53. The number of rotatable bonds is 5. The molecule has 1 aliphatic rings. The Bertz CT molecular complexity index is 728. The molecular weight excluding hydrogens is 321 g/mol. The molecular formula is C19H22FN3O2. The van der Waals surface area contributed by atoms with Crippen molar-refractivity contribution in [2.75, 3.05) is 48.4 Å². The summed E-state index contributed by atoms with van der Waals surface area (Å²) in [6, 6.07) is 12.2. The Labute approximate surface area is 146 Å². The van der Waals surface area contributed by atoms with Crippen LogP contribution in [0.2, 0.25) is 0 Å². The summed E-state index contributed by atoms with van der Waals surface area (Å²) >= 11 is 0. The van der Waals surface area contributed by atoms with Crippen LogP contribution >= 0.6 is 0 Å². The lowest BCUT2D eigenvalue weighted by Crippen LogP contribution is -2.36. The van der Waals surface area contributed by atoms with E-state index < -0.39 is 0 Å². The van der Waals surface area contributed by atoms with E-state index in [4.69, 9.17) is 4.74 Å². The average molecular weight is 343 g/mol. The van der Waals surface area contributed by atoms with Crippen molar-refractivity contribution < 1.29 is 13.9 Å². The van der Waals surface area contributed by atoms with Crippen molar-refractivity contribution in [3.05, 3.63) is 53.8 Å². The summed E-state index contributed by atoms with van der Waals surface area (Å²) in [6.45, 7) is 5.18. The van der Waals surface area contributed by atoms with Crippen molar-refractivity contribution in [2.45, 2.75) is 6.92 Å². The van der Waals surface area contributed by atoms with Gasteiger partial charge in [-0.15, -0.1) is 0 Å². The van der Waals surface area contributed by atoms with Gasteiger partial charge in [0.2, 0.25) is 5.91 Å². The highest BCUT2D eigenvalue weighted by molar-refractivity contribution is 5.94. The predicted octanol–water partition coefficient (Wildman–Crippen LogP) is 3.02. The number of anilines is 3. The van der Waals surface area contributed by atoms with Crippen molar-refractivity contribution in [1.29, 1.82) is 0 Å². The summed E-state index contributed by atoms with van der Waals surface area (Å²) in [5.74, 6) is -0.505. The third-order valence-electron chi connectivity index (χ3n) is 4.17. The second kappa shape index (κ2) is 7.98. The van der Waals surface area contributed by atoms with Crippen molar-refractivity contribution in [3.8, 4) is 0 Å². The second-order valence-corrected chi connectivity index (χ2v) is 6.01. The minimum atomic E-state index is -0.327. The fourth-order valence-electron chi connectivity index (χ4n) is 2.74. The van der Waals surface area contributed by atoms with Crippen molar-refractivity contribution in [3.63, 3.8) is 0 Å². The molecule has 5 nitrogen and oxygen atoms in total. The van der Waals surface area contributed by atoms with E-state index in [0.717, 1.165) is 43.2 Å². The van der Waals surface area contributed by atoms with Crippen molar-refractivity contribution >= 4 is 23.0 Å². The summed E-state index contributed by atoms with van der Waals surface area (Å²) in [4.78, 5) is 14.3. The Kier molecular flexibility index (Phi) is 5.50. The van der Waals surface area contributed by atoms with Crippen LogP contribution in [-0.4, -0.2) is 38.8 Å². The molecule has 2 N–H and O–H groups in total. The van der Waals surface area contributed by atoms with E-state index in [0.29, 0.717) is 5.69 Å². The number of benzene rings is 2. The van der Waals surface area contributed by atoms with Gasteiger partial charge in [0.05, 0.1) is 19.8 Å². The zero-order valence-corrected chi connectivity index (χ0v) is 14.2. The smallest absolute Gasteiger partial charge is 0.243 e. The normalized spacial score (nSPS) is 14.2. The molecule has 1 amide bonds. The molecule has 0 radical (unpaired) electrons. The number of amides is 1. The molecule has 1 fully saturated rings. The molecule has 3 rings (SSSR count). The number of carbonyl (C=O) groups excluding carboxylic acids is 1. The Morgan fingerprint density at radius 3 is 2.60 bits per heavy atom. The molecule has 1 aliphatic heterocycles. The van der Waals surface area contributed by atoms with Gasteiger partial charge in [0, 0.05) is 30.2 Å². The highest BCUT2D eigenvalue weighted by Crippen LogP contribution is 2.19. The van der Waals surface area contributed by atoms with Gasteiger partial charge in [-0.3, -0.25) is 4.79 Å². The van der Waals surface area contributed by atoms with Crippen LogP contribution in [0.5, 0.6) is 0 Å². The number of nitrogens with one attached hydrogen (secondary N) is 2. The average Bonchev–Trinajstić information content (AvgIpc) is 2.64. The standard InChI is InChI=1S/C19H22FN3O2/c1-14-2-3-15(20)12-18(14)21-13-19(24)22-16-4-6-17(7-5-16)23-8-10-25-11-9-23/h2-7,12,21H,8-11,13H2,1H3,(H,22,24). The van der Waals surface area contributed by atoms with E-state index in [2.05, 4.69) is 15.5 Å². The highest BCUT2D eigenvalue weighted by Gasteiger charge is 2.11. The molecule has 132 valence electrons. The molecule has 25 heavy (non-hydrogen) atoms. The molecule has 2 aromatic carbocycles. The first-order valence-corrected chi connectivity index (χ1v) is 8.34. The molecule has 0 aromatic heterocycles. The molecule has 0 aliphatic carbocycles. The second-order valence-electron chi connectivity index (χ2n) is 6.01. The minimum Gasteiger partial charge on any atom is -0.378 e. The molecule has 2 aromatic rings. The Hall–Kier alpha value is -2.60. The first-order chi connectivity index (χ1) is 12.1. The monoisotopic (exact) mass is 343 g/mol. The molecule has 6 heteroatoms. The molecule has 0 spiro atoms. The maximum atomic E-state index is 13.3. The van der Waals surface area contributed by atoms with Crippen molar-refractivity contribution in [1.82, 2.24) is 0 Å². The van der Waals surface area contributed by atoms with Gasteiger partial charge in [-0.05, 0) is 48.9 Å². The van der Waals surface area contributed by atoms with Crippen LogP contribution in [0.15, 0.2) is 42.5 Å². The molecule has 0 bridgehead atoms. The number of hydrogen-bond acceptors (Lipinski definition) is 4. The number of hydrogen-bond donors (Lipinski definition) is 2. The van der Waals surface area contributed by atoms with E-state index in [1.807, 2.05) is 31.2 Å². The van der Waals surface area contributed by atoms with Gasteiger partial charge in [-0.1, -0.05) is 6.07 Å². The number of carbonyl (C=O) groups is 1. The van der Waals surface area contributed by atoms with Gasteiger partial charge in [-0.2, -0.15) is 0 Å². The van der Waals surface area contributed by atoms with Crippen LogP contribution in [0.25, 0.3) is 0 Å². The Morgan fingerprint density at radius 2 is 1.88 bits per heavy atom. The van der Waals surface area contributed by atoms with Crippen LogP contribution in [0.4, 0.5) is 21.5 Å². The molecule has 1 heterocycles. The zero-order chi connectivity index (χ0) is 17.6. The maximum absolute atomic E-state index is 13.3. The van der Waals surface area contributed by atoms with E-state index in [1.54, 1.807) is 6.07 Å². The van der Waals surface area contributed by atoms with Gasteiger partial charge < -0.3 is 20.3 Å². The van der Waals surface area contributed by atoms with Crippen LogP contribution in [0.3, 0.4) is 0 Å². The third-order valence-corrected chi connectivity index (χ3v) is 4.17. The van der Waals surface area contributed by atoms with Gasteiger partial charge in [-0.25, -0.2) is 4.39 Å². The summed E-state index contributed by atoms with van der Waals surface area (Å²) < 4.78 is 18.6. The SMILES string of the molecule is Cc1ccc(F)cc1NCC(=O)Nc1ccc(N2CCOCC2)cc1. The maximum Gasteiger partial charge on any atom is 0.243 e. The molecule has 0 saturated carbocycles. The minimum absolute atomic E-state index is 0.0789. The number of morpholine rings is 1. The lowest BCUT2D eigenvalue weighted by Gasteiger charge is -2.28. The fraction of sp³-hybridized carbons (Fsp3) is 0.316. The van der Waals surface area contributed by atoms with E-state index in [-0.39, 0.29) is 18.3 Å². The lowest BCUT2D eigenvalue weighted by molar-refractivity contribution is -0.114. The first kappa shape index (κ1) is 17.2. The van der Waals surface area contributed by atoms with Crippen LogP contribution in [0.1, 0.15) is 5.56 Å². The largest absolute Gasteiger partial charge is 0.378 e. The predicted molar refractivity (Wildman–Crippen MR) is 97.7 cm³/mol. The molecule has 0 unspecified atom stereocenters.